The van der Waals surface area contributed by atoms with E-state index in [0.717, 1.165) is 23.4 Å². The number of benzene rings is 2. The first-order chi connectivity index (χ1) is 13.1. The van der Waals surface area contributed by atoms with Gasteiger partial charge < -0.3 is 11.1 Å². The van der Waals surface area contributed by atoms with Crippen molar-refractivity contribution >= 4 is 35.6 Å². The Morgan fingerprint density at radius 3 is 2.54 bits per heavy atom. The van der Waals surface area contributed by atoms with E-state index in [0.29, 0.717) is 30.2 Å². The van der Waals surface area contributed by atoms with E-state index in [1.807, 2.05) is 42.5 Å². The Bertz CT molecular complexity index is 925. The van der Waals surface area contributed by atoms with E-state index in [-0.39, 0.29) is 24.1 Å². The molecular weight excluding hydrogens is 397 g/mol. The molecule has 3 rings (SSSR count). The summed E-state index contributed by atoms with van der Waals surface area (Å²) in [6.45, 7) is 2.55. The van der Waals surface area contributed by atoms with Gasteiger partial charge in [-0.25, -0.2) is 9.67 Å². The van der Waals surface area contributed by atoms with Gasteiger partial charge in [0, 0.05) is 18.7 Å². The highest BCUT2D eigenvalue weighted by atomic mass is 35.5. The van der Waals surface area contributed by atoms with E-state index < -0.39 is 0 Å². The average Bonchev–Trinajstić information content (AvgIpc) is 3.08. The van der Waals surface area contributed by atoms with E-state index in [1.165, 1.54) is 0 Å². The van der Waals surface area contributed by atoms with Crippen molar-refractivity contribution in [1.82, 2.24) is 20.1 Å². The summed E-state index contributed by atoms with van der Waals surface area (Å²) >= 11 is 6.28. The second-order valence-corrected chi connectivity index (χ2v) is 6.62. The predicted molar refractivity (Wildman–Crippen MR) is 115 cm³/mol. The molecule has 8 heteroatoms. The Morgan fingerprint density at radius 1 is 1.14 bits per heavy atom. The Kier molecular flexibility index (Phi) is 7.84. The van der Waals surface area contributed by atoms with Crippen molar-refractivity contribution in [2.24, 2.45) is 0 Å². The number of carbonyl (C=O) groups is 1. The fourth-order valence-electron chi connectivity index (χ4n) is 2.73. The molecule has 3 aromatic rings. The quantitative estimate of drug-likeness (QED) is 0.569. The second-order valence-electron chi connectivity index (χ2n) is 6.21. The molecule has 3 N–H and O–H groups in total. The van der Waals surface area contributed by atoms with Crippen LogP contribution in [0.25, 0.3) is 5.69 Å². The third-order valence-electron chi connectivity index (χ3n) is 4.11. The largest absolute Gasteiger partial charge is 0.399 e. The molecule has 1 amide bonds. The van der Waals surface area contributed by atoms with Gasteiger partial charge in [0.25, 0.3) is 5.91 Å². The molecule has 0 bridgehead atoms. The lowest BCUT2D eigenvalue weighted by molar-refractivity contribution is 0.0944. The molecule has 148 valence electrons. The Morgan fingerprint density at radius 2 is 1.86 bits per heavy atom. The number of aryl methyl sites for hydroxylation is 1. The topological polar surface area (TPSA) is 85.8 Å². The van der Waals surface area contributed by atoms with Crippen molar-refractivity contribution in [2.75, 3.05) is 12.3 Å². The first kappa shape index (κ1) is 21.7. The molecule has 0 saturated heterocycles. The van der Waals surface area contributed by atoms with Gasteiger partial charge >= 0.3 is 0 Å². The predicted octanol–water partition coefficient (Wildman–Crippen LogP) is 3.85. The van der Waals surface area contributed by atoms with Gasteiger partial charge in [0.1, 0.15) is 5.82 Å². The number of para-hydroxylation sites is 1. The molecule has 0 radical (unpaired) electrons. The zero-order chi connectivity index (χ0) is 19.2. The molecule has 28 heavy (non-hydrogen) atoms. The molecule has 0 fully saturated rings. The SMILES string of the molecule is CCCc1nc(C(=O)NCCc2ccc(N)cc2)nn1-c1ccccc1Cl.Cl. The summed E-state index contributed by atoms with van der Waals surface area (Å²) in [5.41, 5.74) is 8.23. The number of rotatable bonds is 7. The summed E-state index contributed by atoms with van der Waals surface area (Å²) < 4.78 is 1.65. The van der Waals surface area contributed by atoms with E-state index in [2.05, 4.69) is 22.3 Å². The number of hydrogen-bond donors (Lipinski definition) is 2. The zero-order valence-electron chi connectivity index (χ0n) is 15.6. The third-order valence-corrected chi connectivity index (χ3v) is 4.43. The van der Waals surface area contributed by atoms with Gasteiger partial charge in [0.15, 0.2) is 0 Å². The lowest BCUT2D eigenvalue weighted by atomic mass is 10.1. The van der Waals surface area contributed by atoms with Gasteiger partial charge in [-0.2, -0.15) is 0 Å². The van der Waals surface area contributed by atoms with Crippen molar-refractivity contribution in [3.63, 3.8) is 0 Å². The lowest BCUT2D eigenvalue weighted by Crippen LogP contribution is -2.27. The van der Waals surface area contributed by atoms with Gasteiger partial charge in [0.05, 0.1) is 10.7 Å². The van der Waals surface area contributed by atoms with Crippen LogP contribution >= 0.6 is 24.0 Å². The summed E-state index contributed by atoms with van der Waals surface area (Å²) in [6.07, 6.45) is 2.30. The minimum atomic E-state index is -0.298. The molecule has 0 aliphatic carbocycles. The average molecular weight is 420 g/mol. The summed E-state index contributed by atoms with van der Waals surface area (Å²) in [5.74, 6) is 0.568. The number of nitrogen functional groups attached to an aromatic ring is 1. The summed E-state index contributed by atoms with van der Waals surface area (Å²) in [6, 6.07) is 15.0. The van der Waals surface area contributed by atoms with Crippen LogP contribution in [-0.2, 0) is 12.8 Å². The number of carbonyl (C=O) groups excluding carboxylic acids is 1. The maximum atomic E-state index is 12.5. The van der Waals surface area contributed by atoms with Crippen LogP contribution in [-0.4, -0.2) is 27.2 Å². The van der Waals surface area contributed by atoms with Gasteiger partial charge in [-0.15, -0.1) is 17.5 Å². The van der Waals surface area contributed by atoms with Gasteiger partial charge in [-0.1, -0.05) is 42.8 Å². The number of nitrogens with zero attached hydrogens (tertiary/aromatic N) is 3. The number of nitrogens with one attached hydrogen (secondary N) is 1. The first-order valence-corrected chi connectivity index (χ1v) is 9.29. The molecule has 2 aromatic carbocycles. The summed E-state index contributed by atoms with van der Waals surface area (Å²) in [4.78, 5) is 16.9. The smallest absolute Gasteiger partial charge is 0.290 e. The van der Waals surface area contributed by atoms with Crippen molar-refractivity contribution in [1.29, 1.82) is 0 Å². The molecule has 0 atom stereocenters. The van der Waals surface area contributed by atoms with Crippen molar-refractivity contribution < 1.29 is 4.79 Å². The highest BCUT2D eigenvalue weighted by molar-refractivity contribution is 6.32. The van der Waals surface area contributed by atoms with Crippen molar-refractivity contribution in [2.45, 2.75) is 26.2 Å². The number of amides is 1. The van der Waals surface area contributed by atoms with Crippen LogP contribution in [0.1, 0.15) is 35.4 Å². The van der Waals surface area contributed by atoms with Gasteiger partial charge in [0.2, 0.25) is 5.82 Å². The van der Waals surface area contributed by atoms with Crippen molar-refractivity contribution in [3.05, 3.63) is 70.8 Å². The van der Waals surface area contributed by atoms with Crippen LogP contribution in [0.5, 0.6) is 0 Å². The standard InChI is InChI=1S/C20H22ClN5O.ClH/c1-2-5-18-24-19(25-26(18)17-7-4-3-6-16(17)21)20(27)23-13-12-14-8-10-15(22)11-9-14;/h3-4,6-11H,2,5,12-13,22H2,1H3,(H,23,27);1H. The second kappa shape index (κ2) is 10.1. The summed E-state index contributed by atoms with van der Waals surface area (Å²) in [7, 11) is 0. The molecule has 0 saturated carbocycles. The Labute approximate surface area is 175 Å². The van der Waals surface area contributed by atoms with Crippen LogP contribution in [0.15, 0.2) is 48.5 Å². The number of hydrogen-bond acceptors (Lipinski definition) is 4. The number of aromatic nitrogens is 3. The lowest BCUT2D eigenvalue weighted by Gasteiger charge is -2.06. The van der Waals surface area contributed by atoms with E-state index in [1.54, 1.807) is 10.7 Å². The van der Waals surface area contributed by atoms with Crippen LogP contribution < -0.4 is 11.1 Å². The van der Waals surface area contributed by atoms with E-state index in [9.17, 15) is 4.79 Å². The summed E-state index contributed by atoms with van der Waals surface area (Å²) in [5, 5.41) is 7.82. The minimum absolute atomic E-state index is 0. The molecule has 0 aliphatic heterocycles. The highest BCUT2D eigenvalue weighted by Crippen LogP contribution is 2.21. The van der Waals surface area contributed by atoms with Crippen LogP contribution in [0.2, 0.25) is 5.02 Å². The number of halogens is 2. The zero-order valence-corrected chi connectivity index (χ0v) is 17.1. The third kappa shape index (κ3) is 5.24. The molecule has 0 spiro atoms. The molecule has 6 nitrogen and oxygen atoms in total. The first-order valence-electron chi connectivity index (χ1n) is 8.92. The molecule has 1 aromatic heterocycles. The van der Waals surface area contributed by atoms with Crippen LogP contribution in [0, 0.1) is 0 Å². The molecular formula is C20H23Cl2N5O. The van der Waals surface area contributed by atoms with Gasteiger partial charge in [-0.3, -0.25) is 4.79 Å². The molecule has 1 heterocycles. The normalized spacial score (nSPS) is 10.4. The Balaban J connectivity index is 0.00000280. The fourth-order valence-corrected chi connectivity index (χ4v) is 2.94. The maximum Gasteiger partial charge on any atom is 0.290 e. The molecule has 0 unspecified atom stereocenters. The molecule has 0 aliphatic rings. The Hall–Kier alpha value is -2.57. The number of nitrogens with two attached hydrogens (primary N) is 1. The van der Waals surface area contributed by atoms with Crippen molar-refractivity contribution in [3.8, 4) is 5.69 Å². The number of anilines is 1. The van der Waals surface area contributed by atoms with Gasteiger partial charge in [-0.05, 0) is 42.7 Å². The highest BCUT2D eigenvalue weighted by Gasteiger charge is 2.18. The monoisotopic (exact) mass is 419 g/mol. The van der Waals surface area contributed by atoms with E-state index in [4.69, 9.17) is 17.3 Å². The van der Waals surface area contributed by atoms with Crippen LogP contribution in [0.3, 0.4) is 0 Å². The maximum absolute atomic E-state index is 12.5. The fraction of sp³-hybridized carbons (Fsp3) is 0.250. The van der Waals surface area contributed by atoms with E-state index >= 15 is 0 Å². The minimum Gasteiger partial charge on any atom is -0.399 e. The van der Waals surface area contributed by atoms with Crippen LogP contribution in [0.4, 0.5) is 5.69 Å².